The number of amides is 1. The van der Waals surface area contributed by atoms with Crippen LogP contribution in [0.15, 0.2) is 5.16 Å². The zero-order valence-corrected chi connectivity index (χ0v) is 11.6. The van der Waals surface area contributed by atoms with Gasteiger partial charge in [-0.15, -0.1) is 0 Å². The summed E-state index contributed by atoms with van der Waals surface area (Å²) in [6.07, 6.45) is 3.03. The second kappa shape index (κ2) is 5.36. The van der Waals surface area contributed by atoms with Crippen LogP contribution in [0.25, 0.3) is 0 Å². The molecule has 1 aliphatic carbocycles. The van der Waals surface area contributed by atoms with Crippen LogP contribution in [0.5, 0.6) is 0 Å². The van der Waals surface area contributed by atoms with Crippen molar-refractivity contribution in [1.29, 1.82) is 0 Å². The first kappa shape index (κ1) is 14.1. The number of hydrogen-bond acceptors (Lipinski definition) is 4. The fraction of sp³-hybridized carbons (Fsp3) is 0.846. The minimum atomic E-state index is -0.790. The maximum Gasteiger partial charge on any atom is 0.236 e. The zero-order valence-electron chi connectivity index (χ0n) is 11.6. The molecule has 1 saturated heterocycles. The normalized spacial score (nSPS) is 32.7. The van der Waals surface area contributed by atoms with Gasteiger partial charge in [0, 0.05) is 26.3 Å². The molecule has 1 saturated carbocycles. The zero-order chi connectivity index (χ0) is 14.0. The van der Waals surface area contributed by atoms with Crippen molar-refractivity contribution in [2.24, 2.45) is 22.2 Å². The van der Waals surface area contributed by atoms with Gasteiger partial charge in [-0.05, 0) is 31.6 Å². The molecule has 1 aliphatic heterocycles. The summed E-state index contributed by atoms with van der Waals surface area (Å²) in [7, 11) is 1.81. The van der Waals surface area contributed by atoms with Gasteiger partial charge in [0.15, 0.2) is 5.84 Å². The highest BCUT2D eigenvalue weighted by Gasteiger charge is 2.53. The van der Waals surface area contributed by atoms with Gasteiger partial charge in [-0.2, -0.15) is 0 Å². The van der Waals surface area contributed by atoms with E-state index in [9.17, 15) is 4.79 Å². The molecule has 1 amide bonds. The molecule has 6 heteroatoms. The largest absolute Gasteiger partial charge is 0.409 e. The first-order chi connectivity index (χ1) is 9.01. The van der Waals surface area contributed by atoms with Crippen molar-refractivity contribution in [1.82, 2.24) is 4.90 Å². The predicted molar refractivity (Wildman–Crippen MR) is 70.9 cm³/mol. The van der Waals surface area contributed by atoms with Gasteiger partial charge in [0.05, 0.1) is 0 Å². The van der Waals surface area contributed by atoms with E-state index in [1.54, 1.807) is 4.90 Å². The van der Waals surface area contributed by atoms with Crippen LogP contribution in [0.3, 0.4) is 0 Å². The molecular weight excluding hydrogens is 246 g/mol. The van der Waals surface area contributed by atoms with Crippen molar-refractivity contribution in [3.63, 3.8) is 0 Å². The Labute approximate surface area is 113 Å². The molecule has 0 radical (unpaired) electrons. The van der Waals surface area contributed by atoms with Gasteiger partial charge >= 0.3 is 0 Å². The van der Waals surface area contributed by atoms with Crippen molar-refractivity contribution >= 4 is 11.7 Å². The number of nitrogens with zero attached hydrogens (tertiary/aromatic N) is 2. The Morgan fingerprint density at radius 3 is 2.47 bits per heavy atom. The number of oxime groups is 1. The highest BCUT2D eigenvalue weighted by Crippen LogP contribution is 2.47. The Balaban J connectivity index is 2.11. The fourth-order valence-electron chi connectivity index (χ4n) is 3.29. The first-order valence-electron chi connectivity index (χ1n) is 6.84. The molecule has 1 heterocycles. The molecule has 3 N–H and O–H groups in total. The van der Waals surface area contributed by atoms with Gasteiger partial charge < -0.3 is 20.6 Å². The Hall–Kier alpha value is -1.30. The van der Waals surface area contributed by atoms with Gasteiger partial charge in [-0.1, -0.05) is 12.1 Å². The number of rotatable bonds is 3. The predicted octanol–water partition coefficient (Wildman–Crippen LogP) is 0.787. The number of carbonyl (C=O) groups is 1. The van der Waals surface area contributed by atoms with Crippen LogP contribution in [0.4, 0.5) is 0 Å². The van der Waals surface area contributed by atoms with Crippen LogP contribution in [-0.2, 0) is 9.53 Å². The minimum Gasteiger partial charge on any atom is -0.409 e. The van der Waals surface area contributed by atoms with Crippen LogP contribution in [0.2, 0.25) is 0 Å². The molecule has 19 heavy (non-hydrogen) atoms. The fourth-order valence-corrected chi connectivity index (χ4v) is 3.29. The lowest BCUT2D eigenvalue weighted by Gasteiger charge is -2.47. The second-order valence-electron chi connectivity index (χ2n) is 5.84. The topological polar surface area (TPSA) is 88.2 Å². The van der Waals surface area contributed by atoms with E-state index in [1.807, 2.05) is 7.05 Å². The van der Waals surface area contributed by atoms with Crippen LogP contribution in [0.1, 0.15) is 32.6 Å². The molecule has 2 aliphatic rings. The molecule has 0 aromatic rings. The molecule has 6 nitrogen and oxygen atoms in total. The van der Waals surface area contributed by atoms with Crippen molar-refractivity contribution < 1.29 is 14.7 Å². The summed E-state index contributed by atoms with van der Waals surface area (Å²) >= 11 is 0. The summed E-state index contributed by atoms with van der Waals surface area (Å²) < 4.78 is 5.31. The van der Waals surface area contributed by atoms with Gasteiger partial charge in [0.1, 0.15) is 5.41 Å². The van der Waals surface area contributed by atoms with E-state index in [0.29, 0.717) is 32.0 Å². The number of amidine groups is 1. The van der Waals surface area contributed by atoms with E-state index in [2.05, 4.69) is 12.1 Å². The Kier molecular flexibility index (Phi) is 3.99. The highest BCUT2D eigenvalue weighted by molar-refractivity contribution is 6.07. The van der Waals surface area contributed by atoms with E-state index in [0.717, 1.165) is 12.8 Å². The average Bonchev–Trinajstić information content (AvgIpc) is 2.42. The number of carbonyl (C=O) groups excluding carboxylic acids is 1. The Morgan fingerprint density at radius 2 is 2.00 bits per heavy atom. The van der Waals surface area contributed by atoms with Crippen LogP contribution in [-0.4, -0.2) is 48.2 Å². The van der Waals surface area contributed by atoms with Crippen molar-refractivity contribution in [2.45, 2.75) is 38.6 Å². The molecule has 108 valence electrons. The third kappa shape index (κ3) is 2.41. The third-order valence-electron chi connectivity index (χ3n) is 4.46. The van der Waals surface area contributed by atoms with E-state index in [4.69, 9.17) is 15.7 Å². The highest BCUT2D eigenvalue weighted by atomic mass is 16.5. The van der Waals surface area contributed by atoms with Gasteiger partial charge in [0.25, 0.3) is 0 Å². The summed E-state index contributed by atoms with van der Waals surface area (Å²) in [5, 5.41) is 12.0. The van der Waals surface area contributed by atoms with Gasteiger partial charge in [-0.25, -0.2) is 0 Å². The van der Waals surface area contributed by atoms with E-state index >= 15 is 0 Å². The van der Waals surface area contributed by atoms with E-state index < -0.39 is 5.41 Å². The van der Waals surface area contributed by atoms with E-state index in [-0.39, 0.29) is 17.8 Å². The smallest absolute Gasteiger partial charge is 0.236 e. The molecule has 0 atom stereocenters. The standard InChI is InChI=1S/C13H23N3O3/c1-9-7-13(8-9,11(14)15-18)12(17)16(2)10-3-5-19-6-4-10/h9-10,18H,3-8H2,1-2H3,(H2,14,15). The molecule has 0 aromatic carbocycles. The van der Waals surface area contributed by atoms with Crippen LogP contribution < -0.4 is 5.73 Å². The summed E-state index contributed by atoms with van der Waals surface area (Å²) in [5.74, 6) is 0.467. The van der Waals surface area contributed by atoms with Crippen molar-refractivity contribution in [3.8, 4) is 0 Å². The number of nitrogens with two attached hydrogens (primary N) is 1. The Morgan fingerprint density at radius 1 is 1.42 bits per heavy atom. The maximum atomic E-state index is 12.7. The molecule has 2 rings (SSSR count). The molecule has 0 unspecified atom stereocenters. The molecule has 0 aromatic heterocycles. The number of ether oxygens (including phenoxy) is 1. The first-order valence-corrected chi connectivity index (χ1v) is 6.84. The molecule has 0 bridgehead atoms. The van der Waals surface area contributed by atoms with Gasteiger partial charge in [-0.3, -0.25) is 4.79 Å². The molecule has 2 fully saturated rings. The summed E-state index contributed by atoms with van der Waals surface area (Å²) in [5.41, 5.74) is 4.98. The average molecular weight is 269 g/mol. The molecular formula is C13H23N3O3. The second-order valence-corrected chi connectivity index (χ2v) is 5.84. The third-order valence-corrected chi connectivity index (χ3v) is 4.46. The lowest BCUT2D eigenvalue weighted by molar-refractivity contribution is -0.146. The Bertz CT molecular complexity index is 371. The summed E-state index contributed by atoms with van der Waals surface area (Å²) in [4.78, 5) is 14.5. The van der Waals surface area contributed by atoms with Crippen molar-refractivity contribution in [2.75, 3.05) is 20.3 Å². The van der Waals surface area contributed by atoms with Gasteiger partial charge in [0.2, 0.25) is 5.91 Å². The van der Waals surface area contributed by atoms with Crippen LogP contribution >= 0.6 is 0 Å². The minimum absolute atomic E-state index is 0.0206. The summed E-state index contributed by atoms with van der Waals surface area (Å²) in [6, 6.07) is 0.195. The van der Waals surface area contributed by atoms with Crippen molar-refractivity contribution in [3.05, 3.63) is 0 Å². The maximum absolute atomic E-state index is 12.7. The van der Waals surface area contributed by atoms with E-state index in [1.165, 1.54) is 0 Å². The quantitative estimate of drug-likeness (QED) is 0.343. The lowest BCUT2D eigenvalue weighted by Crippen LogP contribution is -2.59. The summed E-state index contributed by atoms with van der Waals surface area (Å²) in [6.45, 7) is 3.45. The monoisotopic (exact) mass is 269 g/mol. The molecule has 0 spiro atoms. The van der Waals surface area contributed by atoms with Crippen LogP contribution in [0, 0.1) is 11.3 Å². The lowest BCUT2D eigenvalue weighted by atomic mass is 9.61. The SMILES string of the molecule is CC1CC(C(=O)N(C)C2CCOCC2)(C(N)=NO)C1. The number of hydrogen-bond donors (Lipinski definition) is 2.